The third-order valence-electron chi connectivity index (χ3n) is 3.34. The number of carbonyl (C=O) groups excluding carboxylic acids is 1. The van der Waals surface area contributed by atoms with Crippen molar-refractivity contribution in [2.45, 2.75) is 38.1 Å². The number of nitrogens with zero attached hydrogens (tertiary/aromatic N) is 1. The Labute approximate surface area is 114 Å². The molecule has 4 nitrogen and oxygen atoms in total. The van der Waals surface area contributed by atoms with Crippen LogP contribution in [0, 0.1) is 17.2 Å². The van der Waals surface area contributed by atoms with Crippen LogP contribution in [0.3, 0.4) is 0 Å². The molecule has 2 rings (SSSR count). The van der Waals surface area contributed by atoms with E-state index < -0.39 is 6.04 Å². The number of furan rings is 1. The van der Waals surface area contributed by atoms with Crippen LogP contribution in [-0.2, 0) is 0 Å². The standard InChI is InChI=1S/C13H15BrN2O2/c14-12-7-6-11(18-12)13(17)16-10(8-15)9-4-2-1-3-5-9/h6-7,9-10H,1-5H2,(H,16,17). The first-order valence-corrected chi connectivity index (χ1v) is 6.96. The van der Waals surface area contributed by atoms with E-state index in [1.54, 1.807) is 12.1 Å². The molecule has 1 unspecified atom stereocenters. The summed E-state index contributed by atoms with van der Waals surface area (Å²) in [6, 6.07) is 5.03. The molecule has 1 aromatic heterocycles. The fourth-order valence-electron chi connectivity index (χ4n) is 2.37. The van der Waals surface area contributed by atoms with Crippen LogP contribution in [0.4, 0.5) is 0 Å². The Morgan fingerprint density at radius 1 is 1.44 bits per heavy atom. The van der Waals surface area contributed by atoms with E-state index in [0.717, 1.165) is 25.7 Å². The number of amides is 1. The molecule has 1 fully saturated rings. The van der Waals surface area contributed by atoms with Gasteiger partial charge in [0, 0.05) is 0 Å². The van der Waals surface area contributed by atoms with E-state index in [4.69, 9.17) is 4.42 Å². The lowest BCUT2D eigenvalue weighted by Gasteiger charge is -2.25. The van der Waals surface area contributed by atoms with Crippen LogP contribution in [0.1, 0.15) is 42.7 Å². The molecule has 0 aromatic carbocycles. The number of hydrogen-bond acceptors (Lipinski definition) is 3. The summed E-state index contributed by atoms with van der Waals surface area (Å²) in [6.07, 6.45) is 5.55. The molecule has 1 amide bonds. The first-order valence-electron chi connectivity index (χ1n) is 6.16. The molecule has 1 N–H and O–H groups in total. The van der Waals surface area contributed by atoms with Crippen LogP contribution in [0.25, 0.3) is 0 Å². The van der Waals surface area contributed by atoms with E-state index in [2.05, 4.69) is 27.3 Å². The maximum absolute atomic E-state index is 11.9. The van der Waals surface area contributed by atoms with Crippen molar-refractivity contribution in [1.29, 1.82) is 5.26 Å². The van der Waals surface area contributed by atoms with Crippen molar-refractivity contribution in [1.82, 2.24) is 5.32 Å². The number of hydrogen-bond donors (Lipinski definition) is 1. The predicted molar refractivity (Wildman–Crippen MR) is 69.9 cm³/mol. The van der Waals surface area contributed by atoms with Gasteiger partial charge in [0.2, 0.25) is 0 Å². The zero-order chi connectivity index (χ0) is 13.0. The molecule has 1 aliphatic rings. The summed E-state index contributed by atoms with van der Waals surface area (Å²) < 4.78 is 5.69. The fourth-order valence-corrected chi connectivity index (χ4v) is 2.68. The molecule has 18 heavy (non-hydrogen) atoms. The molecule has 0 saturated heterocycles. The molecule has 1 saturated carbocycles. The van der Waals surface area contributed by atoms with Crippen molar-refractivity contribution in [2.75, 3.05) is 0 Å². The largest absolute Gasteiger partial charge is 0.444 e. The van der Waals surface area contributed by atoms with E-state index in [-0.39, 0.29) is 17.6 Å². The smallest absolute Gasteiger partial charge is 0.288 e. The second-order valence-electron chi connectivity index (χ2n) is 4.58. The Bertz CT molecular complexity index is 458. The van der Waals surface area contributed by atoms with Crippen LogP contribution >= 0.6 is 15.9 Å². The summed E-state index contributed by atoms with van der Waals surface area (Å²) in [4.78, 5) is 11.9. The van der Waals surface area contributed by atoms with Gasteiger partial charge < -0.3 is 9.73 Å². The molecule has 0 aliphatic heterocycles. The number of rotatable bonds is 3. The highest BCUT2D eigenvalue weighted by Gasteiger charge is 2.26. The second kappa shape index (κ2) is 6.05. The monoisotopic (exact) mass is 310 g/mol. The van der Waals surface area contributed by atoms with Gasteiger partial charge in [0.25, 0.3) is 5.91 Å². The maximum Gasteiger partial charge on any atom is 0.288 e. The Balaban J connectivity index is 1.98. The van der Waals surface area contributed by atoms with Crippen molar-refractivity contribution in [3.8, 4) is 6.07 Å². The lowest BCUT2D eigenvalue weighted by Crippen LogP contribution is -2.39. The molecule has 1 aromatic rings. The van der Waals surface area contributed by atoms with E-state index in [1.807, 2.05) is 0 Å². The summed E-state index contributed by atoms with van der Waals surface area (Å²) in [6.45, 7) is 0. The lowest BCUT2D eigenvalue weighted by atomic mass is 9.84. The third-order valence-corrected chi connectivity index (χ3v) is 3.77. The molecule has 5 heteroatoms. The molecule has 0 bridgehead atoms. The van der Waals surface area contributed by atoms with Crippen molar-refractivity contribution in [2.24, 2.45) is 5.92 Å². The van der Waals surface area contributed by atoms with Crippen molar-refractivity contribution in [3.05, 3.63) is 22.6 Å². The van der Waals surface area contributed by atoms with Gasteiger partial charge in [-0.2, -0.15) is 5.26 Å². The summed E-state index contributed by atoms with van der Waals surface area (Å²) >= 11 is 3.15. The minimum absolute atomic E-state index is 0.234. The van der Waals surface area contributed by atoms with Gasteiger partial charge in [-0.1, -0.05) is 19.3 Å². The normalized spacial score (nSPS) is 18.0. The highest BCUT2D eigenvalue weighted by molar-refractivity contribution is 9.10. The van der Waals surface area contributed by atoms with Gasteiger partial charge in [0.15, 0.2) is 10.4 Å². The molecule has 1 atom stereocenters. The van der Waals surface area contributed by atoms with E-state index in [1.165, 1.54) is 6.42 Å². The molecule has 96 valence electrons. The molecular formula is C13H15BrN2O2. The first kappa shape index (κ1) is 13.2. The number of carbonyl (C=O) groups is 1. The van der Waals surface area contributed by atoms with Gasteiger partial charge in [-0.05, 0) is 46.8 Å². The number of halogens is 1. The Hall–Kier alpha value is -1.28. The zero-order valence-electron chi connectivity index (χ0n) is 9.99. The fraction of sp³-hybridized carbons (Fsp3) is 0.538. The SMILES string of the molecule is N#CC(NC(=O)c1ccc(Br)o1)C1CCCCC1. The first-order chi connectivity index (χ1) is 8.70. The van der Waals surface area contributed by atoms with Crippen molar-refractivity contribution in [3.63, 3.8) is 0 Å². The zero-order valence-corrected chi connectivity index (χ0v) is 11.6. The Morgan fingerprint density at radius 3 is 2.72 bits per heavy atom. The molecule has 1 heterocycles. The quantitative estimate of drug-likeness (QED) is 0.932. The summed E-state index contributed by atoms with van der Waals surface area (Å²) in [5.74, 6) is 0.182. The lowest BCUT2D eigenvalue weighted by molar-refractivity contribution is 0.0899. The topological polar surface area (TPSA) is 66.0 Å². The molecule has 0 spiro atoms. The highest BCUT2D eigenvalue weighted by atomic mass is 79.9. The molecule has 0 radical (unpaired) electrons. The number of nitriles is 1. The van der Waals surface area contributed by atoms with Crippen molar-refractivity contribution < 1.29 is 9.21 Å². The molecule has 1 aliphatic carbocycles. The summed E-state index contributed by atoms with van der Waals surface area (Å²) in [5, 5.41) is 11.9. The minimum Gasteiger partial charge on any atom is -0.444 e. The molecular weight excluding hydrogens is 296 g/mol. The summed E-state index contributed by atoms with van der Waals surface area (Å²) in [5.41, 5.74) is 0. The van der Waals surface area contributed by atoms with Crippen LogP contribution in [0.15, 0.2) is 21.2 Å². The van der Waals surface area contributed by atoms with E-state index in [9.17, 15) is 10.1 Å². The average Bonchev–Trinajstić information content (AvgIpc) is 2.83. The van der Waals surface area contributed by atoms with Crippen LogP contribution in [-0.4, -0.2) is 11.9 Å². The highest BCUT2D eigenvalue weighted by Crippen LogP contribution is 2.26. The third kappa shape index (κ3) is 3.14. The summed E-state index contributed by atoms with van der Waals surface area (Å²) in [7, 11) is 0. The van der Waals surface area contributed by atoms with Crippen LogP contribution < -0.4 is 5.32 Å². The second-order valence-corrected chi connectivity index (χ2v) is 5.36. The Morgan fingerprint density at radius 2 is 2.17 bits per heavy atom. The maximum atomic E-state index is 11.9. The number of nitrogens with one attached hydrogen (secondary N) is 1. The Kier molecular flexibility index (Phi) is 4.43. The van der Waals surface area contributed by atoms with Gasteiger partial charge in [-0.25, -0.2) is 0 Å². The van der Waals surface area contributed by atoms with Crippen LogP contribution in [0.2, 0.25) is 0 Å². The van der Waals surface area contributed by atoms with Gasteiger partial charge >= 0.3 is 0 Å². The predicted octanol–water partition coefficient (Wildman–Crippen LogP) is 3.24. The van der Waals surface area contributed by atoms with Gasteiger partial charge in [0.05, 0.1) is 6.07 Å². The van der Waals surface area contributed by atoms with Gasteiger partial charge in [-0.3, -0.25) is 4.79 Å². The van der Waals surface area contributed by atoms with Gasteiger partial charge in [-0.15, -0.1) is 0 Å². The van der Waals surface area contributed by atoms with Crippen LogP contribution in [0.5, 0.6) is 0 Å². The van der Waals surface area contributed by atoms with E-state index in [0.29, 0.717) is 4.67 Å². The minimum atomic E-state index is -0.415. The van der Waals surface area contributed by atoms with Gasteiger partial charge in [0.1, 0.15) is 6.04 Å². The van der Waals surface area contributed by atoms with Crippen molar-refractivity contribution >= 4 is 21.8 Å². The average molecular weight is 311 g/mol. The van der Waals surface area contributed by atoms with E-state index >= 15 is 0 Å².